The van der Waals surface area contributed by atoms with E-state index in [4.69, 9.17) is 4.74 Å². The molecule has 2 fully saturated rings. The predicted octanol–water partition coefficient (Wildman–Crippen LogP) is 1.65. The third kappa shape index (κ3) is 3.29. The maximum absolute atomic E-state index is 12.9. The van der Waals surface area contributed by atoms with Crippen LogP contribution in [0.5, 0.6) is 0 Å². The van der Waals surface area contributed by atoms with Crippen LogP contribution in [0.4, 0.5) is 0 Å². The van der Waals surface area contributed by atoms with Gasteiger partial charge in [0.2, 0.25) is 5.91 Å². The highest BCUT2D eigenvalue weighted by atomic mass is 16.5. The average Bonchev–Trinajstić information content (AvgIpc) is 2.75. The molecule has 110 valence electrons. The number of likely N-dealkylation sites (tertiary alicyclic amines) is 1. The number of carbonyl (C=O) groups is 1. The van der Waals surface area contributed by atoms with Gasteiger partial charge in [-0.1, -0.05) is 13.8 Å². The van der Waals surface area contributed by atoms with Crippen LogP contribution in [-0.2, 0) is 9.53 Å². The molecule has 2 heterocycles. The van der Waals surface area contributed by atoms with Crippen molar-refractivity contribution in [1.82, 2.24) is 10.2 Å². The highest BCUT2D eigenvalue weighted by Gasteiger charge is 2.44. The van der Waals surface area contributed by atoms with Crippen LogP contribution in [0.25, 0.3) is 0 Å². The molecule has 0 radical (unpaired) electrons. The Bertz CT molecular complexity index is 322. The van der Waals surface area contributed by atoms with Gasteiger partial charge in [-0.2, -0.15) is 0 Å². The Hall–Kier alpha value is -0.610. The van der Waals surface area contributed by atoms with Gasteiger partial charge >= 0.3 is 0 Å². The third-order valence-corrected chi connectivity index (χ3v) is 4.75. The standard InChI is InChI=1S/C15H28N2O2/c1-14(2)5-4-9-17(10-7-14)13(18)15(12-19-3)6-8-16-11-15/h16H,4-12H2,1-3H3. The molecule has 0 spiro atoms. The number of methoxy groups -OCH3 is 1. The molecule has 0 aromatic rings. The molecular formula is C15H28N2O2. The van der Waals surface area contributed by atoms with Crippen LogP contribution < -0.4 is 5.32 Å². The van der Waals surface area contributed by atoms with Crippen LogP contribution >= 0.6 is 0 Å². The maximum atomic E-state index is 12.9. The predicted molar refractivity (Wildman–Crippen MR) is 76.0 cm³/mol. The van der Waals surface area contributed by atoms with Gasteiger partial charge in [0.1, 0.15) is 0 Å². The number of hydrogen-bond donors (Lipinski definition) is 1. The highest BCUT2D eigenvalue weighted by molar-refractivity contribution is 5.83. The number of amides is 1. The molecule has 0 aromatic carbocycles. The van der Waals surface area contributed by atoms with E-state index in [-0.39, 0.29) is 5.41 Å². The Balaban J connectivity index is 2.05. The van der Waals surface area contributed by atoms with Crippen LogP contribution in [0.15, 0.2) is 0 Å². The lowest BCUT2D eigenvalue weighted by atomic mass is 9.85. The van der Waals surface area contributed by atoms with E-state index in [2.05, 4.69) is 24.1 Å². The fourth-order valence-corrected chi connectivity index (χ4v) is 3.35. The minimum absolute atomic E-state index is 0.303. The molecule has 1 atom stereocenters. The summed E-state index contributed by atoms with van der Waals surface area (Å²) in [6.07, 6.45) is 4.34. The van der Waals surface area contributed by atoms with E-state index in [1.54, 1.807) is 7.11 Å². The molecule has 19 heavy (non-hydrogen) atoms. The third-order valence-electron chi connectivity index (χ3n) is 4.75. The molecule has 1 N–H and O–H groups in total. The summed E-state index contributed by atoms with van der Waals surface area (Å²) in [7, 11) is 1.69. The normalized spacial score (nSPS) is 31.2. The van der Waals surface area contributed by atoms with Crippen molar-refractivity contribution in [1.29, 1.82) is 0 Å². The molecule has 0 aromatic heterocycles. The monoisotopic (exact) mass is 268 g/mol. The van der Waals surface area contributed by atoms with E-state index in [1.807, 2.05) is 0 Å². The number of rotatable bonds is 3. The zero-order valence-electron chi connectivity index (χ0n) is 12.6. The second kappa shape index (κ2) is 5.80. The summed E-state index contributed by atoms with van der Waals surface area (Å²) in [6.45, 7) is 8.66. The summed E-state index contributed by atoms with van der Waals surface area (Å²) in [5, 5.41) is 3.32. The molecule has 2 saturated heterocycles. The zero-order valence-corrected chi connectivity index (χ0v) is 12.6. The highest BCUT2D eigenvalue weighted by Crippen LogP contribution is 2.33. The van der Waals surface area contributed by atoms with Crippen molar-refractivity contribution in [2.45, 2.75) is 39.5 Å². The van der Waals surface area contributed by atoms with Crippen molar-refractivity contribution in [3.63, 3.8) is 0 Å². The van der Waals surface area contributed by atoms with Crippen LogP contribution in [-0.4, -0.2) is 50.7 Å². The minimum atomic E-state index is -0.316. The van der Waals surface area contributed by atoms with Gasteiger partial charge < -0.3 is 15.0 Å². The quantitative estimate of drug-likeness (QED) is 0.846. The first-order chi connectivity index (χ1) is 8.99. The van der Waals surface area contributed by atoms with E-state index < -0.39 is 0 Å². The molecule has 2 aliphatic heterocycles. The van der Waals surface area contributed by atoms with Crippen molar-refractivity contribution >= 4 is 5.91 Å². The first-order valence-corrected chi connectivity index (χ1v) is 7.48. The first-order valence-electron chi connectivity index (χ1n) is 7.48. The summed E-state index contributed by atoms with van der Waals surface area (Å²) >= 11 is 0. The molecule has 0 saturated carbocycles. The fourth-order valence-electron chi connectivity index (χ4n) is 3.35. The van der Waals surface area contributed by atoms with Crippen molar-refractivity contribution in [3.8, 4) is 0 Å². The molecule has 0 bridgehead atoms. The Morgan fingerprint density at radius 1 is 1.26 bits per heavy atom. The van der Waals surface area contributed by atoms with Crippen molar-refractivity contribution in [3.05, 3.63) is 0 Å². The SMILES string of the molecule is COCC1(C(=O)N2CCCC(C)(C)CC2)CCNC1. The largest absolute Gasteiger partial charge is 0.384 e. The van der Waals surface area contributed by atoms with Crippen LogP contribution in [0.3, 0.4) is 0 Å². The Labute approximate surface area is 116 Å². The second-order valence-electron chi connectivity index (χ2n) is 6.95. The van der Waals surface area contributed by atoms with Crippen LogP contribution in [0.1, 0.15) is 39.5 Å². The number of hydrogen-bond acceptors (Lipinski definition) is 3. The summed E-state index contributed by atoms with van der Waals surface area (Å²) in [5.74, 6) is 0.303. The Kier molecular flexibility index (Phi) is 4.51. The van der Waals surface area contributed by atoms with Gasteiger partial charge in [-0.25, -0.2) is 0 Å². The Morgan fingerprint density at radius 3 is 2.68 bits per heavy atom. The zero-order chi connectivity index (χ0) is 13.9. The topological polar surface area (TPSA) is 41.6 Å². The van der Waals surface area contributed by atoms with Gasteiger partial charge in [-0.05, 0) is 37.6 Å². The van der Waals surface area contributed by atoms with Crippen LogP contribution in [0.2, 0.25) is 0 Å². The van der Waals surface area contributed by atoms with Gasteiger partial charge in [0.05, 0.1) is 12.0 Å². The van der Waals surface area contributed by atoms with Gasteiger partial charge in [0.25, 0.3) is 0 Å². The molecule has 2 rings (SSSR count). The molecule has 4 heteroatoms. The summed E-state index contributed by atoms with van der Waals surface area (Å²) in [6, 6.07) is 0. The van der Waals surface area contributed by atoms with Gasteiger partial charge in [0, 0.05) is 26.7 Å². The lowest BCUT2D eigenvalue weighted by molar-refractivity contribution is -0.144. The summed E-state index contributed by atoms with van der Waals surface area (Å²) < 4.78 is 5.33. The molecule has 2 aliphatic rings. The second-order valence-corrected chi connectivity index (χ2v) is 6.95. The van der Waals surface area contributed by atoms with E-state index in [0.717, 1.165) is 45.4 Å². The Morgan fingerprint density at radius 2 is 2.05 bits per heavy atom. The van der Waals surface area contributed by atoms with Crippen LogP contribution in [0, 0.1) is 10.8 Å². The van der Waals surface area contributed by atoms with E-state index in [9.17, 15) is 4.79 Å². The molecule has 4 nitrogen and oxygen atoms in total. The first kappa shape index (κ1) is 14.8. The number of nitrogens with one attached hydrogen (secondary N) is 1. The van der Waals surface area contributed by atoms with Gasteiger partial charge in [-0.3, -0.25) is 4.79 Å². The van der Waals surface area contributed by atoms with E-state index in [0.29, 0.717) is 17.9 Å². The van der Waals surface area contributed by atoms with Crippen molar-refractivity contribution < 1.29 is 9.53 Å². The molecular weight excluding hydrogens is 240 g/mol. The fraction of sp³-hybridized carbons (Fsp3) is 0.933. The summed E-state index contributed by atoms with van der Waals surface area (Å²) in [5.41, 5.74) is 0.0562. The maximum Gasteiger partial charge on any atom is 0.232 e. The number of nitrogens with zero attached hydrogens (tertiary/aromatic N) is 1. The summed E-state index contributed by atoms with van der Waals surface area (Å²) in [4.78, 5) is 15.0. The average molecular weight is 268 g/mol. The lowest BCUT2D eigenvalue weighted by Crippen LogP contribution is -2.48. The minimum Gasteiger partial charge on any atom is -0.384 e. The van der Waals surface area contributed by atoms with E-state index in [1.165, 1.54) is 6.42 Å². The number of carbonyl (C=O) groups excluding carboxylic acids is 1. The molecule has 0 aliphatic carbocycles. The van der Waals surface area contributed by atoms with Gasteiger partial charge in [0.15, 0.2) is 0 Å². The number of ether oxygens (including phenoxy) is 1. The smallest absolute Gasteiger partial charge is 0.232 e. The van der Waals surface area contributed by atoms with Gasteiger partial charge in [-0.15, -0.1) is 0 Å². The van der Waals surface area contributed by atoms with Crippen molar-refractivity contribution in [2.24, 2.45) is 10.8 Å². The lowest BCUT2D eigenvalue weighted by Gasteiger charge is -2.33. The van der Waals surface area contributed by atoms with E-state index >= 15 is 0 Å². The molecule has 1 unspecified atom stereocenters. The van der Waals surface area contributed by atoms with Crippen molar-refractivity contribution in [2.75, 3.05) is 39.9 Å². The molecule has 1 amide bonds.